The van der Waals surface area contributed by atoms with Crippen LogP contribution in [0.4, 0.5) is 0 Å². The van der Waals surface area contributed by atoms with Gasteiger partial charge in [-0.15, -0.1) is 0 Å². The van der Waals surface area contributed by atoms with E-state index >= 15 is 0 Å². The third kappa shape index (κ3) is 2.05. The smallest absolute Gasteiger partial charge is 0.137 e. The van der Waals surface area contributed by atoms with Gasteiger partial charge in [0, 0.05) is 12.7 Å². The summed E-state index contributed by atoms with van der Waals surface area (Å²) in [4.78, 5) is 4.36. The maximum Gasteiger partial charge on any atom is 0.137 e. The molecule has 0 atom stereocenters. The molecule has 0 aliphatic heterocycles. The third-order valence-electron chi connectivity index (χ3n) is 2.33. The lowest BCUT2D eigenvalue weighted by Gasteiger charge is -2.05. The van der Waals surface area contributed by atoms with E-state index in [1.54, 1.807) is 12.4 Å². The van der Waals surface area contributed by atoms with Crippen molar-refractivity contribution in [3.05, 3.63) is 30.6 Å². The molecule has 4 nitrogen and oxygen atoms in total. The van der Waals surface area contributed by atoms with Gasteiger partial charge in [-0.05, 0) is 32.0 Å². The summed E-state index contributed by atoms with van der Waals surface area (Å²) in [5.74, 6) is 0.800. The van der Waals surface area contributed by atoms with Gasteiger partial charge in [-0.25, -0.2) is 0 Å². The van der Waals surface area contributed by atoms with Crippen LogP contribution in [0.25, 0.3) is 11.4 Å². The molecule has 0 aromatic carbocycles. The molecule has 2 heterocycles. The van der Waals surface area contributed by atoms with Crippen LogP contribution < -0.4 is 4.74 Å². The van der Waals surface area contributed by atoms with Crippen molar-refractivity contribution in [2.75, 3.05) is 6.61 Å². The first-order valence-corrected chi connectivity index (χ1v) is 5.46. The Kier molecular flexibility index (Phi) is 3.19. The highest BCUT2D eigenvalue weighted by Crippen LogP contribution is 2.18. The monoisotopic (exact) mass is 217 g/mol. The van der Waals surface area contributed by atoms with E-state index in [1.807, 2.05) is 29.8 Å². The molecule has 0 radical (unpaired) electrons. The fraction of sp³-hybridized carbons (Fsp3) is 0.333. The van der Waals surface area contributed by atoms with Crippen molar-refractivity contribution in [2.24, 2.45) is 0 Å². The standard InChI is InChI=1S/C12H15N3O/c1-3-15-12(7-8-14-15)11-6-5-10(9-13-11)16-4-2/h5-9H,3-4H2,1-2H3. The minimum Gasteiger partial charge on any atom is -0.492 e. The van der Waals surface area contributed by atoms with Crippen LogP contribution in [0.5, 0.6) is 5.75 Å². The van der Waals surface area contributed by atoms with Gasteiger partial charge in [0.25, 0.3) is 0 Å². The van der Waals surface area contributed by atoms with Gasteiger partial charge >= 0.3 is 0 Å². The lowest BCUT2D eigenvalue weighted by Crippen LogP contribution is -2.00. The fourth-order valence-corrected chi connectivity index (χ4v) is 1.59. The number of aryl methyl sites for hydroxylation is 1. The topological polar surface area (TPSA) is 39.9 Å². The van der Waals surface area contributed by atoms with Gasteiger partial charge in [0.05, 0.1) is 24.2 Å². The van der Waals surface area contributed by atoms with Crippen LogP contribution in [0.3, 0.4) is 0 Å². The molecule has 0 aliphatic carbocycles. The number of aromatic nitrogens is 3. The van der Waals surface area contributed by atoms with E-state index < -0.39 is 0 Å². The van der Waals surface area contributed by atoms with Gasteiger partial charge in [-0.1, -0.05) is 0 Å². The van der Waals surface area contributed by atoms with Crippen molar-refractivity contribution >= 4 is 0 Å². The molecule has 0 aliphatic rings. The molecule has 0 bridgehead atoms. The minimum atomic E-state index is 0.661. The van der Waals surface area contributed by atoms with Crippen molar-refractivity contribution in [2.45, 2.75) is 20.4 Å². The number of hydrogen-bond donors (Lipinski definition) is 0. The lowest BCUT2D eigenvalue weighted by molar-refractivity contribution is 0.339. The first-order valence-electron chi connectivity index (χ1n) is 5.46. The van der Waals surface area contributed by atoms with Gasteiger partial charge < -0.3 is 4.74 Å². The van der Waals surface area contributed by atoms with Crippen LogP contribution in [-0.2, 0) is 6.54 Å². The number of hydrogen-bond acceptors (Lipinski definition) is 3. The highest BCUT2D eigenvalue weighted by atomic mass is 16.5. The highest BCUT2D eigenvalue weighted by molar-refractivity contribution is 5.54. The average Bonchev–Trinajstić information content (AvgIpc) is 2.78. The zero-order valence-corrected chi connectivity index (χ0v) is 9.55. The molecule has 16 heavy (non-hydrogen) atoms. The van der Waals surface area contributed by atoms with Crippen LogP contribution in [0.1, 0.15) is 13.8 Å². The summed E-state index contributed by atoms with van der Waals surface area (Å²) in [7, 11) is 0. The Bertz CT molecular complexity index is 448. The van der Waals surface area contributed by atoms with Crippen LogP contribution in [0, 0.1) is 0 Å². The lowest BCUT2D eigenvalue weighted by atomic mass is 10.2. The molecule has 0 saturated heterocycles. The number of rotatable bonds is 4. The van der Waals surface area contributed by atoms with Crippen molar-refractivity contribution < 1.29 is 4.74 Å². The minimum absolute atomic E-state index is 0.661. The maximum atomic E-state index is 5.35. The van der Waals surface area contributed by atoms with E-state index in [9.17, 15) is 0 Å². The molecular weight excluding hydrogens is 202 g/mol. The maximum absolute atomic E-state index is 5.35. The second-order valence-corrected chi connectivity index (χ2v) is 3.34. The molecule has 4 heteroatoms. The molecular formula is C12H15N3O. The molecule has 2 aromatic rings. The summed E-state index contributed by atoms with van der Waals surface area (Å²) in [5, 5.41) is 4.22. The Morgan fingerprint density at radius 2 is 2.12 bits per heavy atom. The zero-order chi connectivity index (χ0) is 11.4. The van der Waals surface area contributed by atoms with E-state index in [0.29, 0.717) is 6.61 Å². The first-order chi connectivity index (χ1) is 7.85. The van der Waals surface area contributed by atoms with Gasteiger partial charge in [0.2, 0.25) is 0 Å². The fourth-order valence-electron chi connectivity index (χ4n) is 1.59. The van der Waals surface area contributed by atoms with Crippen molar-refractivity contribution in [1.29, 1.82) is 0 Å². The summed E-state index contributed by atoms with van der Waals surface area (Å²) in [5.41, 5.74) is 1.95. The molecule has 2 aromatic heterocycles. The summed E-state index contributed by atoms with van der Waals surface area (Å²) in [6, 6.07) is 5.85. The molecule has 0 fully saturated rings. The van der Waals surface area contributed by atoms with Gasteiger partial charge in [-0.3, -0.25) is 9.67 Å². The van der Waals surface area contributed by atoms with Crippen LogP contribution >= 0.6 is 0 Å². The molecule has 0 N–H and O–H groups in total. The molecule has 0 amide bonds. The van der Waals surface area contributed by atoms with E-state index in [2.05, 4.69) is 17.0 Å². The van der Waals surface area contributed by atoms with Crippen LogP contribution in [0.2, 0.25) is 0 Å². The Morgan fingerprint density at radius 1 is 1.25 bits per heavy atom. The van der Waals surface area contributed by atoms with Crippen LogP contribution in [0.15, 0.2) is 30.6 Å². The van der Waals surface area contributed by atoms with Gasteiger partial charge in [0.1, 0.15) is 5.75 Å². The normalized spacial score (nSPS) is 10.4. The van der Waals surface area contributed by atoms with E-state index in [4.69, 9.17) is 4.74 Å². The summed E-state index contributed by atoms with van der Waals surface area (Å²) in [6.45, 7) is 5.52. The number of pyridine rings is 1. The zero-order valence-electron chi connectivity index (χ0n) is 9.55. The summed E-state index contributed by atoms with van der Waals surface area (Å²) >= 11 is 0. The molecule has 84 valence electrons. The predicted octanol–water partition coefficient (Wildman–Crippen LogP) is 2.36. The highest BCUT2D eigenvalue weighted by Gasteiger charge is 2.05. The van der Waals surface area contributed by atoms with Gasteiger partial charge in [-0.2, -0.15) is 5.10 Å². The second kappa shape index (κ2) is 4.79. The Balaban J connectivity index is 2.27. The quantitative estimate of drug-likeness (QED) is 0.789. The summed E-state index contributed by atoms with van der Waals surface area (Å²) in [6.07, 6.45) is 3.53. The number of nitrogens with zero attached hydrogens (tertiary/aromatic N) is 3. The number of ether oxygens (including phenoxy) is 1. The Morgan fingerprint density at radius 3 is 2.75 bits per heavy atom. The van der Waals surface area contributed by atoms with E-state index in [-0.39, 0.29) is 0 Å². The SMILES string of the molecule is CCOc1ccc(-c2ccnn2CC)nc1. The predicted molar refractivity (Wildman–Crippen MR) is 62.3 cm³/mol. The summed E-state index contributed by atoms with van der Waals surface area (Å²) < 4.78 is 7.27. The Labute approximate surface area is 94.9 Å². The molecule has 0 spiro atoms. The van der Waals surface area contributed by atoms with E-state index in [0.717, 1.165) is 23.7 Å². The molecule has 0 unspecified atom stereocenters. The average molecular weight is 217 g/mol. The first kappa shape index (κ1) is 10.7. The molecule has 2 rings (SSSR count). The van der Waals surface area contributed by atoms with Crippen molar-refractivity contribution in [1.82, 2.24) is 14.8 Å². The van der Waals surface area contributed by atoms with Crippen LogP contribution in [-0.4, -0.2) is 21.4 Å². The van der Waals surface area contributed by atoms with E-state index in [1.165, 1.54) is 0 Å². The largest absolute Gasteiger partial charge is 0.492 e. The van der Waals surface area contributed by atoms with Gasteiger partial charge in [0.15, 0.2) is 0 Å². The third-order valence-corrected chi connectivity index (χ3v) is 2.33. The van der Waals surface area contributed by atoms with Crippen molar-refractivity contribution in [3.63, 3.8) is 0 Å². The second-order valence-electron chi connectivity index (χ2n) is 3.34. The van der Waals surface area contributed by atoms with Crippen molar-refractivity contribution in [3.8, 4) is 17.1 Å². The Hall–Kier alpha value is -1.84. The molecule has 0 saturated carbocycles.